The van der Waals surface area contributed by atoms with Crippen LogP contribution >= 0.6 is 27.5 Å². The molecule has 1 aromatic heterocycles. The van der Waals surface area contributed by atoms with Gasteiger partial charge in [0.2, 0.25) is 0 Å². The summed E-state index contributed by atoms with van der Waals surface area (Å²) in [7, 11) is 1.65. The summed E-state index contributed by atoms with van der Waals surface area (Å²) in [6.07, 6.45) is 0. The van der Waals surface area contributed by atoms with Crippen LogP contribution in [0.5, 0.6) is 0 Å². The van der Waals surface area contributed by atoms with Gasteiger partial charge >= 0.3 is 0 Å². The molecule has 0 radical (unpaired) electrons. The lowest BCUT2D eigenvalue weighted by atomic mass is 10.1. The van der Waals surface area contributed by atoms with Crippen LogP contribution in [0.1, 0.15) is 12.6 Å². The summed E-state index contributed by atoms with van der Waals surface area (Å²) in [6, 6.07) is 5.77. The number of fused-ring (bicyclic) bond motifs is 1. The quantitative estimate of drug-likeness (QED) is 0.911. The molecule has 0 bridgehead atoms. The summed E-state index contributed by atoms with van der Waals surface area (Å²) < 4.78 is 6.12. The van der Waals surface area contributed by atoms with Gasteiger partial charge in [0, 0.05) is 29.2 Å². The van der Waals surface area contributed by atoms with Gasteiger partial charge in [0.05, 0.1) is 22.8 Å². The standard InChI is InChI=1S/C13H14BrClN2O/c1-3-16-11-6-8(7-18-2)17-13-10(15)5-4-9(14)12(11)13/h4-6H,3,7H2,1-2H3,(H,16,17). The number of rotatable bonds is 4. The summed E-state index contributed by atoms with van der Waals surface area (Å²) >= 11 is 9.77. The van der Waals surface area contributed by atoms with Crippen LogP contribution in [0, 0.1) is 0 Å². The third kappa shape index (κ3) is 2.60. The highest BCUT2D eigenvalue weighted by Gasteiger charge is 2.11. The average Bonchev–Trinajstić information content (AvgIpc) is 2.34. The van der Waals surface area contributed by atoms with Gasteiger partial charge in [-0.05, 0) is 25.1 Å². The molecule has 2 aromatic rings. The molecule has 0 saturated carbocycles. The number of benzene rings is 1. The summed E-state index contributed by atoms with van der Waals surface area (Å²) in [5.74, 6) is 0. The third-order valence-electron chi connectivity index (χ3n) is 2.57. The van der Waals surface area contributed by atoms with Gasteiger partial charge in [-0.2, -0.15) is 0 Å². The van der Waals surface area contributed by atoms with Crippen molar-refractivity contribution in [1.29, 1.82) is 0 Å². The van der Waals surface area contributed by atoms with Crippen LogP contribution in [0.3, 0.4) is 0 Å². The molecule has 18 heavy (non-hydrogen) atoms. The number of nitrogens with zero attached hydrogens (tertiary/aromatic N) is 1. The lowest BCUT2D eigenvalue weighted by molar-refractivity contribution is 0.182. The molecule has 1 heterocycles. The predicted octanol–water partition coefficient (Wildman–Crippen LogP) is 4.23. The zero-order chi connectivity index (χ0) is 13.1. The molecule has 0 spiro atoms. The number of nitrogens with one attached hydrogen (secondary N) is 1. The fourth-order valence-corrected chi connectivity index (χ4v) is 2.61. The first-order valence-electron chi connectivity index (χ1n) is 5.67. The first-order chi connectivity index (χ1) is 8.67. The van der Waals surface area contributed by atoms with E-state index in [0.29, 0.717) is 11.6 Å². The van der Waals surface area contributed by atoms with E-state index in [1.54, 1.807) is 7.11 Å². The van der Waals surface area contributed by atoms with Gasteiger partial charge in [0.25, 0.3) is 0 Å². The first-order valence-corrected chi connectivity index (χ1v) is 6.85. The van der Waals surface area contributed by atoms with E-state index in [2.05, 4.69) is 33.2 Å². The molecule has 0 aliphatic rings. The van der Waals surface area contributed by atoms with E-state index >= 15 is 0 Å². The van der Waals surface area contributed by atoms with E-state index in [9.17, 15) is 0 Å². The minimum Gasteiger partial charge on any atom is -0.385 e. The smallest absolute Gasteiger partial charge is 0.0924 e. The Morgan fingerprint density at radius 1 is 1.44 bits per heavy atom. The Labute approximate surface area is 120 Å². The van der Waals surface area contributed by atoms with Crippen molar-refractivity contribution in [2.75, 3.05) is 19.0 Å². The van der Waals surface area contributed by atoms with Crippen LogP contribution in [0.4, 0.5) is 5.69 Å². The zero-order valence-electron chi connectivity index (χ0n) is 10.3. The normalized spacial score (nSPS) is 10.9. The van der Waals surface area contributed by atoms with Gasteiger partial charge in [-0.25, -0.2) is 4.98 Å². The topological polar surface area (TPSA) is 34.1 Å². The highest BCUT2D eigenvalue weighted by atomic mass is 79.9. The predicted molar refractivity (Wildman–Crippen MR) is 79.3 cm³/mol. The molecule has 0 aliphatic carbocycles. The Hall–Kier alpha value is -0.840. The minimum atomic E-state index is 0.469. The number of ether oxygens (including phenoxy) is 1. The Balaban J connectivity index is 2.72. The van der Waals surface area contributed by atoms with E-state index < -0.39 is 0 Å². The van der Waals surface area contributed by atoms with Gasteiger partial charge in [-0.1, -0.05) is 27.5 Å². The molecule has 1 aromatic carbocycles. The van der Waals surface area contributed by atoms with Crippen molar-refractivity contribution >= 4 is 44.1 Å². The maximum atomic E-state index is 6.22. The molecule has 0 aliphatic heterocycles. The van der Waals surface area contributed by atoms with Crippen LogP contribution in [-0.4, -0.2) is 18.6 Å². The van der Waals surface area contributed by atoms with Crippen molar-refractivity contribution in [2.24, 2.45) is 0 Å². The Kier molecular flexibility index (Phi) is 4.43. The SMILES string of the molecule is CCNc1cc(COC)nc2c(Cl)ccc(Br)c12. The third-order valence-corrected chi connectivity index (χ3v) is 3.54. The summed E-state index contributed by atoms with van der Waals surface area (Å²) in [6.45, 7) is 3.36. The Bertz CT molecular complexity index is 574. The maximum Gasteiger partial charge on any atom is 0.0924 e. The molecular formula is C13H14BrClN2O. The number of pyridine rings is 1. The second-order valence-electron chi connectivity index (χ2n) is 3.88. The summed E-state index contributed by atoms with van der Waals surface area (Å²) in [4.78, 5) is 4.54. The van der Waals surface area contributed by atoms with E-state index in [1.807, 2.05) is 18.2 Å². The van der Waals surface area contributed by atoms with Crippen LogP contribution in [0.25, 0.3) is 10.9 Å². The average molecular weight is 330 g/mol. The van der Waals surface area contributed by atoms with Gasteiger partial charge in [-0.3, -0.25) is 0 Å². The monoisotopic (exact) mass is 328 g/mol. The van der Waals surface area contributed by atoms with Crippen LogP contribution in [0.2, 0.25) is 5.02 Å². The van der Waals surface area contributed by atoms with Crippen LogP contribution in [-0.2, 0) is 11.3 Å². The molecule has 5 heteroatoms. The molecule has 0 fully saturated rings. The zero-order valence-corrected chi connectivity index (χ0v) is 12.6. The highest BCUT2D eigenvalue weighted by molar-refractivity contribution is 9.10. The number of anilines is 1. The molecule has 0 unspecified atom stereocenters. The Morgan fingerprint density at radius 3 is 2.89 bits per heavy atom. The fourth-order valence-electron chi connectivity index (χ4n) is 1.87. The van der Waals surface area contributed by atoms with Crippen molar-refractivity contribution in [3.05, 3.63) is 33.4 Å². The van der Waals surface area contributed by atoms with Gasteiger partial charge in [0.1, 0.15) is 0 Å². The first kappa shape index (κ1) is 13.6. The van der Waals surface area contributed by atoms with Crippen LogP contribution in [0.15, 0.2) is 22.7 Å². The molecule has 0 atom stereocenters. The van der Waals surface area contributed by atoms with Crippen LogP contribution < -0.4 is 5.32 Å². The van der Waals surface area contributed by atoms with Crippen molar-refractivity contribution < 1.29 is 4.74 Å². The van der Waals surface area contributed by atoms with E-state index in [0.717, 1.165) is 33.3 Å². The van der Waals surface area contributed by atoms with Gasteiger partial charge in [-0.15, -0.1) is 0 Å². The molecular weight excluding hydrogens is 316 g/mol. The van der Waals surface area contributed by atoms with Crippen molar-refractivity contribution in [2.45, 2.75) is 13.5 Å². The lowest BCUT2D eigenvalue weighted by Gasteiger charge is -2.12. The van der Waals surface area contributed by atoms with Crippen molar-refractivity contribution in [1.82, 2.24) is 4.98 Å². The Morgan fingerprint density at radius 2 is 2.22 bits per heavy atom. The largest absolute Gasteiger partial charge is 0.385 e. The molecule has 1 N–H and O–H groups in total. The van der Waals surface area contributed by atoms with Gasteiger partial charge < -0.3 is 10.1 Å². The second-order valence-corrected chi connectivity index (χ2v) is 5.14. The maximum absolute atomic E-state index is 6.22. The number of hydrogen-bond acceptors (Lipinski definition) is 3. The summed E-state index contributed by atoms with van der Waals surface area (Å²) in [5, 5.41) is 4.98. The minimum absolute atomic E-state index is 0.469. The number of hydrogen-bond donors (Lipinski definition) is 1. The lowest BCUT2D eigenvalue weighted by Crippen LogP contribution is -2.02. The van der Waals surface area contributed by atoms with E-state index in [4.69, 9.17) is 16.3 Å². The fraction of sp³-hybridized carbons (Fsp3) is 0.308. The molecule has 96 valence electrons. The molecule has 3 nitrogen and oxygen atoms in total. The molecule has 2 rings (SSSR count). The highest BCUT2D eigenvalue weighted by Crippen LogP contribution is 2.34. The van der Waals surface area contributed by atoms with Crippen molar-refractivity contribution in [3.8, 4) is 0 Å². The number of methoxy groups -OCH3 is 1. The number of halogens is 2. The van der Waals surface area contributed by atoms with E-state index in [-0.39, 0.29) is 0 Å². The van der Waals surface area contributed by atoms with Crippen molar-refractivity contribution in [3.63, 3.8) is 0 Å². The van der Waals surface area contributed by atoms with Gasteiger partial charge in [0.15, 0.2) is 0 Å². The second kappa shape index (κ2) is 5.87. The summed E-state index contributed by atoms with van der Waals surface area (Å²) in [5.41, 5.74) is 2.67. The number of aromatic nitrogens is 1. The molecule has 0 amide bonds. The molecule has 0 saturated heterocycles. The van der Waals surface area contributed by atoms with E-state index in [1.165, 1.54) is 0 Å².